The lowest BCUT2D eigenvalue weighted by molar-refractivity contribution is 0.399. The molecule has 1 fully saturated rings. The highest BCUT2D eigenvalue weighted by Crippen LogP contribution is 2.20. The Labute approximate surface area is 121 Å². The topological polar surface area (TPSA) is 84.2 Å². The Morgan fingerprint density at radius 3 is 2.90 bits per heavy atom. The van der Waals surface area contributed by atoms with Crippen LogP contribution in [0.15, 0.2) is 33.2 Å². The third kappa shape index (κ3) is 3.45. The second kappa shape index (κ2) is 5.65. The SMILES string of the molecule is O=S(=O)(NCc1nccs1)c1ccc(CNC2CC2)o1. The summed E-state index contributed by atoms with van der Waals surface area (Å²) in [7, 11) is -3.62. The maximum absolute atomic E-state index is 12.0. The van der Waals surface area contributed by atoms with E-state index >= 15 is 0 Å². The van der Waals surface area contributed by atoms with Crippen LogP contribution in [0.25, 0.3) is 0 Å². The van der Waals surface area contributed by atoms with Gasteiger partial charge < -0.3 is 9.73 Å². The maximum Gasteiger partial charge on any atom is 0.274 e. The van der Waals surface area contributed by atoms with Gasteiger partial charge in [0.25, 0.3) is 10.0 Å². The molecule has 2 N–H and O–H groups in total. The predicted octanol–water partition coefficient (Wildman–Crippen LogP) is 1.47. The van der Waals surface area contributed by atoms with Gasteiger partial charge in [0, 0.05) is 17.6 Å². The number of thiazole rings is 1. The molecule has 0 atom stereocenters. The summed E-state index contributed by atoms with van der Waals surface area (Å²) in [6, 6.07) is 3.73. The lowest BCUT2D eigenvalue weighted by Gasteiger charge is -2.02. The number of hydrogen-bond donors (Lipinski definition) is 2. The smallest absolute Gasteiger partial charge is 0.274 e. The van der Waals surface area contributed by atoms with E-state index in [0.717, 1.165) is 5.01 Å². The first-order valence-electron chi connectivity index (χ1n) is 6.33. The van der Waals surface area contributed by atoms with E-state index in [1.54, 1.807) is 17.6 Å². The quantitative estimate of drug-likeness (QED) is 0.808. The van der Waals surface area contributed by atoms with Crippen molar-refractivity contribution in [2.24, 2.45) is 0 Å². The number of furan rings is 1. The molecule has 2 aromatic heterocycles. The molecule has 0 unspecified atom stereocenters. The van der Waals surface area contributed by atoms with Gasteiger partial charge in [0.15, 0.2) is 0 Å². The van der Waals surface area contributed by atoms with E-state index in [2.05, 4.69) is 15.0 Å². The largest absolute Gasteiger partial charge is 0.447 e. The summed E-state index contributed by atoms with van der Waals surface area (Å²) < 4.78 is 31.9. The van der Waals surface area contributed by atoms with E-state index in [4.69, 9.17) is 4.42 Å². The first-order chi connectivity index (χ1) is 9.63. The van der Waals surface area contributed by atoms with Gasteiger partial charge in [-0.1, -0.05) is 0 Å². The Morgan fingerprint density at radius 1 is 1.35 bits per heavy atom. The van der Waals surface area contributed by atoms with Crippen LogP contribution in [-0.2, 0) is 23.1 Å². The highest BCUT2D eigenvalue weighted by molar-refractivity contribution is 7.89. The molecule has 0 aromatic carbocycles. The van der Waals surface area contributed by atoms with Crippen LogP contribution in [0.4, 0.5) is 0 Å². The molecule has 0 radical (unpaired) electrons. The molecule has 0 bridgehead atoms. The van der Waals surface area contributed by atoms with Crippen molar-refractivity contribution in [1.82, 2.24) is 15.0 Å². The monoisotopic (exact) mass is 313 g/mol. The molecule has 6 nitrogen and oxygen atoms in total. The second-order valence-corrected chi connectivity index (χ2v) is 7.30. The number of aromatic nitrogens is 1. The zero-order valence-corrected chi connectivity index (χ0v) is 12.3. The summed E-state index contributed by atoms with van der Waals surface area (Å²) >= 11 is 1.40. The van der Waals surface area contributed by atoms with Crippen molar-refractivity contribution in [2.75, 3.05) is 0 Å². The van der Waals surface area contributed by atoms with Crippen LogP contribution in [0.2, 0.25) is 0 Å². The van der Waals surface area contributed by atoms with Gasteiger partial charge in [-0.2, -0.15) is 0 Å². The van der Waals surface area contributed by atoms with Crippen molar-refractivity contribution in [1.29, 1.82) is 0 Å². The molecule has 0 aliphatic heterocycles. The van der Waals surface area contributed by atoms with Crippen LogP contribution in [-0.4, -0.2) is 19.4 Å². The normalized spacial score (nSPS) is 15.6. The van der Waals surface area contributed by atoms with Gasteiger partial charge in [-0.05, 0) is 25.0 Å². The third-order valence-electron chi connectivity index (χ3n) is 2.94. The molecule has 0 spiro atoms. The number of sulfonamides is 1. The summed E-state index contributed by atoms with van der Waals surface area (Å²) in [5.74, 6) is 0.631. The van der Waals surface area contributed by atoms with Crippen LogP contribution in [0.5, 0.6) is 0 Å². The van der Waals surface area contributed by atoms with Crippen molar-refractivity contribution in [3.05, 3.63) is 34.5 Å². The van der Waals surface area contributed by atoms with Gasteiger partial charge in [-0.25, -0.2) is 18.1 Å². The van der Waals surface area contributed by atoms with Gasteiger partial charge in [0.1, 0.15) is 10.8 Å². The van der Waals surface area contributed by atoms with Gasteiger partial charge in [0.05, 0.1) is 13.1 Å². The summed E-state index contributed by atoms with van der Waals surface area (Å²) in [6.07, 6.45) is 4.01. The minimum atomic E-state index is -3.62. The van der Waals surface area contributed by atoms with Gasteiger partial charge >= 0.3 is 0 Å². The Kier molecular flexibility index (Phi) is 3.88. The van der Waals surface area contributed by atoms with E-state index in [-0.39, 0.29) is 11.6 Å². The standard InChI is InChI=1S/C12H15N3O3S2/c16-20(17,15-8-11-13-5-6-19-11)12-4-3-10(18-12)7-14-9-1-2-9/h3-6,9,14-15H,1-2,7-8H2. The van der Waals surface area contributed by atoms with Crippen LogP contribution in [0.3, 0.4) is 0 Å². The molecule has 108 valence electrons. The minimum Gasteiger partial charge on any atom is -0.447 e. The Hall–Kier alpha value is -1.22. The minimum absolute atomic E-state index is 0.0540. The van der Waals surface area contributed by atoms with Crippen LogP contribution >= 0.6 is 11.3 Å². The van der Waals surface area contributed by atoms with Crippen molar-refractivity contribution >= 4 is 21.4 Å². The van der Waals surface area contributed by atoms with E-state index < -0.39 is 10.0 Å². The fourth-order valence-corrected chi connectivity index (χ4v) is 3.28. The van der Waals surface area contributed by atoms with E-state index in [1.807, 2.05) is 0 Å². The molecule has 1 aliphatic carbocycles. The fraction of sp³-hybridized carbons (Fsp3) is 0.417. The molecule has 3 rings (SSSR count). The summed E-state index contributed by atoms with van der Waals surface area (Å²) in [5.41, 5.74) is 0. The zero-order chi connectivity index (χ0) is 14.0. The van der Waals surface area contributed by atoms with Crippen molar-refractivity contribution in [3.63, 3.8) is 0 Å². The van der Waals surface area contributed by atoms with E-state index in [0.29, 0.717) is 18.3 Å². The highest BCUT2D eigenvalue weighted by atomic mass is 32.2. The lowest BCUT2D eigenvalue weighted by atomic mass is 10.4. The molecule has 0 saturated heterocycles. The Balaban J connectivity index is 1.61. The average molecular weight is 313 g/mol. The van der Waals surface area contributed by atoms with Crippen molar-refractivity contribution in [2.45, 2.75) is 37.1 Å². The number of nitrogens with zero attached hydrogens (tertiary/aromatic N) is 1. The van der Waals surface area contributed by atoms with Crippen molar-refractivity contribution in [3.8, 4) is 0 Å². The maximum atomic E-state index is 12.0. The molecule has 1 aliphatic rings. The first kappa shape index (κ1) is 13.7. The van der Waals surface area contributed by atoms with Crippen LogP contribution in [0, 0.1) is 0 Å². The Morgan fingerprint density at radius 2 is 2.20 bits per heavy atom. The lowest BCUT2D eigenvalue weighted by Crippen LogP contribution is -2.22. The molecule has 2 heterocycles. The summed E-state index contributed by atoms with van der Waals surface area (Å²) in [5, 5.41) is 5.74. The molecule has 2 aromatic rings. The van der Waals surface area contributed by atoms with E-state index in [9.17, 15) is 8.42 Å². The number of hydrogen-bond acceptors (Lipinski definition) is 6. The van der Waals surface area contributed by atoms with Gasteiger partial charge in [-0.15, -0.1) is 11.3 Å². The molecule has 0 amide bonds. The molecular formula is C12H15N3O3S2. The summed E-state index contributed by atoms with van der Waals surface area (Å²) in [4.78, 5) is 4.02. The van der Waals surface area contributed by atoms with Crippen LogP contribution < -0.4 is 10.0 Å². The molecule has 1 saturated carbocycles. The molecular weight excluding hydrogens is 298 g/mol. The first-order valence-corrected chi connectivity index (χ1v) is 8.70. The fourth-order valence-electron chi connectivity index (χ4n) is 1.70. The third-order valence-corrected chi connectivity index (χ3v) is 4.99. The number of rotatable bonds is 7. The molecule has 8 heteroatoms. The average Bonchev–Trinajstić information content (AvgIpc) is 2.94. The second-order valence-electron chi connectivity index (χ2n) is 4.63. The van der Waals surface area contributed by atoms with E-state index in [1.165, 1.54) is 30.2 Å². The number of nitrogens with one attached hydrogen (secondary N) is 2. The van der Waals surface area contributed by atoms with Crippen LogP contribution in [0.1, 0.15) is 23.6 Å². The van der Waals surface area contributed by atoms with Gasteiger partial charge in [0.2, 0.25) is 5.09 Å². The van der Waals surface area contributed by atoms with Gasteiger partial charge in [-0.3, -0.25) is 0 Å². The van der Waals surface area contributed by atoms with Crippen molar-refractivity contribution < 1.29 is 12.8 Å². The Bertz CT molecular complexity index is 660. The predicted molar refractivity (Wildman–Crippen MR) is 74.7 cm³/mol. The summed E-state index contributed by atoms with van der Waals surface area (Å²) in [6.45, 7) is 0.739. The highest BCUT2D eigenvalue weighted by Gasteiger charge is 2.22. The zero-order valence-electron chi connectivity index (χ0n) is 10.7. The molecule has 20 heavy (non-hydrogen) atoms.